The van der Waals surface area contributed by atoms with E-state index in [1.807, 2.05) is 55.4 Å². The molecule has 1 rings (SSSR count). The number of ether oxygens (including phenoxy) is 4. The third kappa shape index (κ3) is 18.9. The normalized spacial score (nSPS) is 13.0. The fourth-order valence-corrected chi connectivity index (χ4v) is 3.54. The van der Waals surface area contributed by atoms with Crippen molar-refractivity contribution in [3.8, 4) is 0 Å². The molecule has 14 heteroatoms. The van der Waals surface area contributed by atoms with Crippen LogP contribution >= 0.6 is 0 Å². The zero-order valence-electron chi connectivity index (χ0n) is 26.6. The van der Waals surface area contributed by atoms with Gasteiger partial charge in [0.1, 0.15) is 13.2 Å². The average Bonchev–Trinajstić information content (AvgIpc) is 2.87. The number of aliphatic carboxylic acids is 2. The molecule has 0 fully saturated rings. The predicted octanol–water partition coefficient (Wildman–Crippen LogP) is 2.36. The highest BCUT2D eigenvalue weighted by Crippen LogP contribution is 2.20. The molecule has 0 aliphatic carbocycles. The van der Waals surface area contributed by atoms with E-state index >= 15 is 0 Å². The van der Waals surface area contributed by atoms with Gasteiger partial charge in [-0.3, -0.25) is 0 Å². The number of rotatable bonds is 24. The first kappa shape index (κ1) is 37.7. The first-order chi connectivity index (χ1) is 19.4. The van der Waals surface area contributed by atoms with Crippen molar-refractivity contribution in [2.24, 2.45) is 0 Å². The smallest absolute Gasteiger partial charge is 0.329 e. The third-order valence-electron chi connectivity index (χ3n) is 6.50. The Morgan fingerprint density at radius 2 is 0.881 bits per heavy atom. The lowest BCUT2D eigenvalue weighted by atomic mass is 10.0. The second-order valence-electron chi connectivity index (χ2n) is 12.7. The summed E-state index contributed by atoms with van der Waals surface area (Å²) in [5.41, 5.74) is -1.88. The van der Waals surface area contributed by atoms with Crippen molar-refractivity contribution >= 4 is 11.9 Å². The molecule has 0 aliphatic rings. The molecule has 1 aromatic heterocycles. The van der Waals surface area contributed by atoms with Gasteiger partial charge in [0.15, 0.2) is 11.6 Å². The number of nitrogens with zero attached hydrogens (tertiary/aromatic N) is 4. The van der Waals surface area contributed by atoms with E-state index in [4.69, 9.17) is 29.2 Å². The summed E-state index contributed by atoms with van der Waals surface area (Å²) in [5, 5.41) is 40.7. The van der Waals surface area contributed by atoms with Crippen molar-refractivity contribution in [3.63, 3.8) is 0 Å². The molecule has 0 aromatic carbocycles. The minimum atomic E-state index is -0.987. The summed E-state index contributed by atoms with van der Waals surface area (Å²) in [5.74, 6) is -0.975. The van der Waals surface area contributed by atoms with Gasteiger partial charge in [0.05, 0.1) is 48.7 Å². The van der Waals surface area contributed by atoms with E-state index in [0.717, 1.165) is 12.8 Å². The molecule has 1 heterocycles. The van der Waals surface area contributed by atoms with Crippen LogP contribution in [0.1, 0.15) is 92.7 Å². The molecule has 0 saturated carbocycles. The number of aromatic nitrogens is 4. The van der Waals surface area contributed by atoms with Crippen LogP contribution in [0.5, 0.6) is 0 Å². The minimum Gasteiger partial charge on any atom is -0.480 e. The second-order valence-corrected chi connectivity index (χ2v) is 12.7. The molecule has 0 unspecified atom stereocenters. The van der Waals surface area contributed by atoms with Crippen LogP contribution in [0.3, 0.4) is 0 Å². The van der Waals surface area contributed by atoms with Crippen molar-refractivity contribution in [2.45, 2.75) is 117 Å². The van der Waals surface area contributed by atoms with E-state index < -0.39 is 23.1 Å². The molecule has 0 aliphatic heterocycles. The Kier molecular flexibility index (Phi) is 15.9. The SMILES string of the molecule is CC(C)(CCNCc1nnc(CNCCC(C)(C)OCCC(C)(C)OCC(=O)O)nn1)OCCC(C)(C)OCC(=O)O. The van der Waals surface area contributed by atoms with Gasteiger partial charge in [0.25, 0.3) is 0 Å². The first-order valence-electron chi connectivity index (χ1n) is 14.4. The van der Waals surface area contributed by atoms with Crippen LogP contribution in [0.25, 0.3) is 0 Å². The van der Waals surface area contributed by atoms with Gasteiger partial charge in [0, 0.05) is 0 Å². The highest BCUT2D eigenvalue weighted by molar-refractivity contribution is 5.68. The molecule has 14 nitrogen and oxygen atoms in total. The summed E-state index contributed by atoms with van der Waals surface area (Å²) >= 11 is 0. The zero-order chi connectivity index (χ0) is 31.9. The van der Waals surface area contributed by atoms with Crippen molar-refractivity contribution in [2.75, 3.05) is 39.5 Å². The van der Waals surface area contributed by atoms with Crippen molar-refractivity contribution < 1.29 is 38.7 Å². The number of carbonyl (C=O) groups is 2. The molecule has 0 atom stereocenters. The molecule has 0 bridgehead atoms. The first-order valence-corrected chi connectivity index (χ1v) is 14.4. The standard InChI is InChI=1S/C28H52N6O8/c1-25(2,39-15-11-27(5,6)41-19-23(35)36)9-13-29-17-21-31-33-22(34-32-21)18-30-14-10-26(3,4)40-16-12-28(7,8)42-20-24(37)38/h29-30H,9-20H2,1-8H3,(H,35,36)(H,37,38). The quantitative estimate of drug-likeness (QED) is 0.127. The van der Waals surface area contributed by atoms with Gasteiger partial charge >= 0.3 is 11.9 Å². The van der Waals surface area contributed by atoms with Crippen molar-refractivity contribution in [1.29, 1.82) is 0 Å². The Hall–Kier alpha value is -2.36. The number of hydrogen-bond acceptors (Lipinski definition) is 12. The van der Waals surface area contributed by atoms with Crippen LogP contribution in [0.2, 0.25) is 0 Å². The van der Waals surface area contributed by atoms with E-state index in [0.29, 0.717) is 63.9 Å². The van der Waals surface area contributed by atoms with Crippen LogP contribution in [0.4, 0.5) is 0 Å². The van der Waals surface area contributed by atoms with Gasteiger partial charge in [-0.15, -0.1) is 20.4 Å². The third-order valence-corrected chi connectivity index (χ3v) is 6.50. The second kappa shape index (κ2) is 17.7. The maximum atomic E-state index is 10.7. The predicted molar refractivity (Wildman–Crippen MR) is 155 cm³/mol. The van der Waals surface area contributed by atoms with Crippen molar-refractivity contribution in [3.05, 3.63) is 11.6 Å². The number of carboxylic acids is 2. The molecule has 242 valence electrons. The van der Waals surface area contributed by atoms with Crippen LogP contribution in [0, 0.1) is 0 Å². The summed E-state index contributed by atoms with van der Waals surface area (Å²) in [7, 11) is 0. The molecular weight excluding hydrogens is 548 g/mol. The minimum absolute atomic E-state index is 0.326. The molecule has 0 radical (unpaired) electrons. The number of hydrogen-bond donors (Lipinski definition) is 4. The lowest BCUT2D eigenvalue weighted by Gasteiger charge is -2.29. The summed E-state index contributed by atoms with van der Waals surface area (Å²) in [6.45, 7) is 17.9. The van der Waals surface area contributed by atoms with E-state index in [2.05, 4.69) is 31.0 Å². The Morgan fingerprint density at radius 3 is 1.19 bits per heavy atom. The maximum absolute atomic E-state index is 10.7. The number of nitrogens with one attached hydrogen (secondary N) is 2. The van der Waals surface area contributed by atoms with Crippen LogP contribution in [-0.4, -0.2) is 104 Å². The van der Waals surface area contributed by atoms with Gasteiger partial charge < -0.3 is 39.8 Å². The van der Waals surface area contributed by atoms with Gasteiger partial charge in [-0.25, -0.2) is 9.59 Å². The maximum Gasteiger partial charge on any atom is 0.329 e. The largest absolute Gasteiger partial charge is 0.480 e. The molecule has 0 spiro atoms. The fraction of sp³-hybridized carbons (Fsp3) is 0.857. The summed E-state index contributed by atoms with van der Waals surface area (Å²) in [4.78, 5) is 21.4. The summed E-state index contributed by atoms with van der Waals surface area (Å²) in [6.07, 6.45) is 2.67. The van der Waals surface area contributed by atoms with Crippen LogP contribution in [-0.2, 0) is 41.6 Å². The Labute approximate surface area is 249 Å². The molecule has 1 aromatic rings. The highest BCUT2D eigenvalue weighted by atomic mass is 16.5. The molecule has 0 amide bonds. The molecule has 4 N–H and O–H groups in total. The molecule has 0 saturated heterocycles. The van der Waals surface area contributed by atoms with Gasteiger partial charge in [-0.2, -0.15) is 0 Å². The van der Waals surface area contributed by atoms with Gasteiger partial charge in [-0.1, -0.05) is 0 Å². The van der Waals surface area contributed by atoms with E-state index in [1.165, 1.54) is 0 Å². The van der Waals surface area contributed by atoms with E-state index in [1.54, 1.807) is 0 Å². The van der Waals surface area contributed by atoms with Crippen molar-refractivity contribution in [1.82, 2.24) is 31.0 Å². The molecule has 42 heavy (non-hydrogen) atoms. The highest BCUT2D eigenvalue weighted by Gasteiger charge is 2.24. The fourth-order valence-electron chi connectivity index (χ4n) is 3.54. The lowest BCUT2D eigenvalue weighted by Crippen LogP contribution is -2.34. The Balaban J connectivity index is 2.24. The van der Waals surface area contributed by atoms with Crippen LogP contribution < -0.4 is 10.6 Å². The topological polar surface area (TPSA) is 187 Å². The van der Waals surface area contributed by atoms with Gasteiger partial charge in [-0.05, 0) is 94.2 Å². The van der Waals surface area contributed by atoms with E-state index in [-0.39, 0.29) is 24.4 Å². The monoisotopic (exact) mass is 600 g/mol. The lowest BCUT2D eigenvalue weighted by molar-refractivity contribution is -0.150. The number of carboxylic acid groups (broad SMARTS) is 2. The van der Waals surface area contributed by atoms with Gasteiger partial charge in [0.2, 0.25) is 0 Å². The van der Waals surface area contributed by atoms with E-state index in [9.17, 15) is 9.59 Å². The molecular formula is C28H52N6O8. The van der Waals surface area contributed by atoms with Crippen LogP contribution in [0.15, 0.2) is 0 Å². The average molecular weight is 601 g/mol. The summed E-state index contributed by atoms with van der Waals surface area (Å²) < 4.78 is 22.8. The Morgan fingerprint density at radius 1 is 0.571 bits per heavy atom. The Bertz CT molecular complexity index is 866. The summed E-state index contributed by atoms with van der Waals surface area (Å²) in [6, 6.07) is 0. The zero-order valence-corrected chi connectivity index (χ0v) is 26.6.